The van der Waals surface area contributed by atoms with Crippen LogP contribution in [0.4, 0.5) is 0 Å². The maximum absolute atomic E-state index is 5.44. The summed E-state index contributed by atoms with van der Waals surface area (Å²) in [5.74, 6) is 2.35. The largest absolute Gasteiger partial charge is 0.454 e. The van der Waals surface area contributed by atoms with Crippen molar-refractivity contribution in [1.82, 2.24) is 20.4 Å². The molecule has 1 aliphatic rings. The van der Waals surface area contributed by atoms with Crippen LogP contribution < -0.4 is 20.1 Å². The van der Waals surface area contributed by atoms with Gasteiger partial charge in [0.1, 0.15) is 0 Å². The van der Waals surface area contributed by atoms with Crippen molar-refractivity contribution in [1.29, 1.82) is 0 Å². The minimum atomic E-state index is 0.286. The first-order chi connectivity index (χ1) is 14.3. The molecule has 7 nitrogen and oxygen atoms in total. The van der Waals surface area contributed by atoms with Gasteiger partial charge in [0.15, 0.2) is 17.5 Å². The molecule has 2 aromatic carbocycles. The molecule has 0 radical (unpaired) electrons. The van der Waals surface area contributed by atoms with E-state index in [9.17, 15) is 0 Å². The van der Waals surface area contributed by atoms with Gasteiger partial charge in [-0.1, -0.05) is 36.4 Å². The maximum Gasteiger partial charge on any atom is 0.231 e. The Kier molecular flexibility index (Phi) is 5.95. The van der Waals surface area contributed by atoms with Gasteiger partial charge in [-0.25, -0.2) is 4.99 Å². The van der Waals surface area contributed by atoms with E-state index in [1.165, 1.54) is 5.56 Å². The summed E-state index contributed by atoms with van der Waals surface area (Å²) >= 11 is 0. The van der Waals surface area contributed by atoms with Crippen LogP contribution in [0, 0.1) is 0 Å². The fourth-order valence-electron chi connectivity index (χ4n) is 3.09. The topological polar surface area (TPSA) is 72.7 Å². The van der Waals surface area contributed by atoms with Crippen molar-refractivity contribution in [2.75, 3.05) is 13.3 Å². The zero-order valence-electron chi connectivity index (χ0n) is 16.5. The van der Waals surface area contributed by atoms with Crippen LogP contribution in [0.25, 0.3) is 0 Å². The Hall–Kier alpha value is -3.48. The van der Waals surface area contributed by atoms with Crippen molar-refractivity contribution in [2.45, 2.75) is 26.6 Å². The third-order valence-electron chi connectivity index (χ3n) is 4.54. The molecule has 0 fully saturated rings. The quantitative estimate of drug-likeness (QED) is 0.479. The molecule has 29 heavy (non-hydrogen) atoms. The molecule has 1 aliphatic heterocycles. The molecule has 0 saturated heterocycles. The van der Waals surface area contributed by atoms with Crippen LogP contribution >= 0.6 is 0 Å². The summed E-state index contributed by atoms with van der Waals surface area (Å²) in [7, 11) is 0. The van der Waals surface area contributed by atoms with Crippen molar-refractivity contribution in [3.8, 4) is 11.5 Å². The predicted octanol–water partition coefficient (Wildman–Crippen LogP) is 2.92. The van der Waals surface area contributed by atoms with Gasteiger partial charge >= 0.3 is 0 Å². The average molecular weight is 391 g/mol. The SMILES string of the molecule is CCNC(=NCc1cnn(Cc2ccccc2)c1)NCc1ccc2c(c1)OCO2. The number of aliphatic imine (C=N–C) groups is 1. The Bertz CT molecular complexity index is 968. The van der Waals surface area contributed by atoms with Gasteiger partial charge in [0.25, 0.3) is 0 Å². The Balaban J connectivity index is 1.34. The lowest BCUT2D eigenvalue weighted by atomic mass is 10.2. The van der Waals surface area contributed by atoms with E-state index in [0.29, 0.717) is 13.1 Å². The van der Waals surface area contributed by atoms with Gasteiger partial charge < -0.3 is 20.1 Å². The van der Waals surface area contributed by atoms with Gasteiger partial charge in [-0.05, 0) is 30.2 Å². The molecule has 4 rings (SSSR count). The highest BCUT2D eigenvalue weighted by molar-refractivity contribution is 5.79. The predicted molar refractivity (Wildman–Crippen MR) is 112 cm³/mol. The molecule has 0 aliphatic carbocycles. The number of hydrogen-bond acceptors (Lipinski definition) is 4. The summed E-state index contributed by atoms with van der Waals surface area (Å²) in [5.41, 5.74) is 3.40. The minimum Gasteiger partial charge on any atom is -0.454 e. The monoisotopic (exact) mass is 391 g/mol. The second kappa shape index (κ2) is 9.14. The van der Waals surface area contributed by atoms with E-state index in [4.69, 9.17) is 9.47 Å². The second-order valence-electron chi connectivity index (χ2n) is 6.77. The smallest absolute Gasteiger partial charge is 0.231 e. The minimum absolute atomic E-state index is 0.286. The molecular weight excluding hydrogens is 366 g/mol. The van der Waals surface area contributed by atoms with Gasteiger partial charge in [-0.15, -0.1) is 0 Å². The molecule has 0 unspecified atom stereocenters. The molecule has 3 aromatic rings. The van der Waals surface area contributed by atoms with Gasteiger partial charge in [-0.3, -0.25) is 4.68 Å². The van der Waals surface area contributed by atoms with E-state index in [-0.39, 0.29) is 6.79 Å². The summed E-state index contributed by atoms with van der Waals surface area (Å²) in [4.78, 5) is 4.68. The van der Waals surface area contributed by atoms with E-state index < -0.39 is 0 Å². The number of hydrogen-bond donors (Lipinski definition) is 2. The van der Waals surface area contributed by atoms with E-state index in [0.717, 1.165) is 41.7 Å². The lowest BCUT2D eigenvalue weighted by Gasteiger charge is -2.11. The van der Waals surface area contributed by atoms with Gasteiger partial charge in [0.2, 0.25) is 6.79 Å². The summed E-state index contributed by atoms with van der Waals surface area (Å²) < 4.78 is 12.7. The van der Waals surface area contributed by atoms with Gasteiger partial charge in [0.05, 0.1) is 19.3 Å². The number of ether oxygens (including phenoxy) is 2. The van der Waals surface area contributed by atoms with Crippen molar-refractivity contribution in [3.63, 3.8) is 0 Å². The highest BCUT2D eigenvalue weighted by Crippen LogP contribution is 2.32. The lowest BCUT2D eigenvalue weighted by molar-refractivity contribution is 0.174. The van der Waals surface area contributed by atoms with Crippen LogP contribution in [0.2, 0.25) is 0 Å². The second-order valence-corrected chi connectivity index (χ2v) is 6.77. The van der Waals surface area contributed by atoms with Crippen LogP contribution in [-0.4, -0.2) is 29.1 Å². The van der Waals surface area contributed by atoms with Crippen molar-refractivity contribution in [2.24, 2.45) is 4.99 Å². The standard InChI is InChI=1S/C22H25N5O2/c1-2-23-22(24-11-18-8-9-20-21(10-18)29-16-28-20)25-12-19-13-26-27(15-19)14-17-6-4-3-5-7-17/h3-10,13,15H,2,11-12,14,16H2,1H3,(H2,23,24,25). The normalized spacial score (nSPS) is 12.8. The molecule has 2 N–H and O–H groups in total. The van der Waals surface area contributed by atoms with Crippen molar-refractivity contribution in [3.05, 3.63) is 77.6 Å². The van der Waals surface area contributed by atoms with Crippen LogP contribution in [0.5, 0.6) is 11.5 Å². The Morgan fingerprint density at radius 1 is 1.03 bits per heavy atom. The third-order valence-corrected chi connectivity index (χ3v) is 4.54. The zero-order chi connectivity index (χ0) is 19.9. The fraction of sp³-hybridized carbons (Fsp3) is 0.273. The Morgan fingerprint density at radius 2 is 1.90 bits per heavy atom. The Morgan fingerprint density at radius 3 is 2.76 bits per heavy atom. The fourth-order valence-corrected chi connectivity index (χ4v) is 3.09. The number of aromatic nitrogens is 2. The highest BCUT2D eigenvalue weighted by atomic mass is 16.7. The molecular formula is C22H25N5O2. The summed E-state index contributed by atoms with van der Waals surface area (Å²) in [6.07, 6.45) is 3.91. The molecule has 0 saturated carbocycles. The molecule has 0 atom stereocenters. The molecule has 7 heteroatoms. The summed E-state index contributed by atoms with van der Waals surface area (Å²) in [6.45, 7) is 5.10. The molecule has 1 aromatic heterocycles. The summed E-state index contributed by atoms with van der Waals surface area (Å²) in [6, 6.07) is 16.3. The van der Waals surface area contributed by atoms with Crippen LogP contribution in [0.1, 0.15) is 23.6 Å². The van der Waals surface area contributed by atoms with E-state index >= 15 is 0 Å². The van der Waals surface area contributed by atoms with E-state index in [1.54, 1.807) is 0 Å². The van der Waals surface area contributed by atoms with Crippen LogP contribution in [0.3, 0.4) is 0 Å². The molecule has 0 spiro atoms. The molecule has 150 valence electrons. The average Bonchev–Trinajstić information content (AvgIpc) is 3.39. The maximum atomic E-state index is 5.44. The van der Waals surface area contributed by atoms with E-state index in [2.05, 4.69) is 39.8 Å². The number of guanidine groups is 1. The van der Waals surface area contributed by atoms with Crippen molar-refractivity contribution < 1.29 is 9.47 Å². The molecule has 2 heterocycles. The molecule has 0 bridgehead atoms. The Labute approximate surface area is 170 Å². The zero-order valence-corrected chi connectivity index (χ0v) is 16.5. The number of nitrogens with zero attached hydrogens (tertiary/aromatic N) is 3. The third kappa shape index (κ3) is 5.07. The first-order valence-electron chi connectivity index (χ1n) is 9.76. The number of nitrogens with one attached hydrogen (secondary N) is 2. The first-order valence-corrected chi connectivity index (χ1v) is 9.76. The van der Waals surface area contributed by atoms with Crippen LogP contribution in [0.15, 0.2) is 65.9 Å². The van der Waals surface area contributed by atoms with Crippen molar-refractivity contribution >= 4 is 5.96 Å². The van der Waals surface area contributed by atoms with Gasteiger partial charge in [-0.2, -0.15) is 5.10 Å². The van der Waals surface area contributed by atoms with E-state index in [1.807, 2.05) is 53.5 Å². The summed E-state index contributed by atoms with van der Waals surface area (Å²) in [5, 5.41) is 11.1. The lowest BCUT2D eigenvalue weighted by Crippen LogP contribution is -2.36. The number of rotatable bonds is 7. The van der Waals surface area contributed by atoms with Gasteiger partial charge in [0, 0.05) is 24.8 Å². The first kappa shape index (κ1) is 18.9. The highest BCUT2D eigenvalue weighted by Gasteiger charge is 2.13. The molecule has 0 amide bonds. The number of benzene rings is 2. The van der Waals surface area contributed by atoms with Crippen LogP contribution in [-0.2, 0) is 19.6 Å². The number of fused-ring (bicyclic) bond motifs is 1.